The fraction of sp³-hybridized carbons (Fsp3) is 0.610. The molecule has 4 aliphatic rings. The summed E-state index contributed by atoms with van der Waals surface area (Å²) in [7, 11) is 1.83. The molecule has 0 aliphatic carbocycles. The molecule has 2 aromatic rings. The molecule has 0 spiro atoms. The number of nitrogens with two attached hydrogens (primary N) is 5. The number of hydrogen-bond acceptors (Lipinski definition) is 26. The van der Waals surface area contributed by atoms with E-state index in [-0.39, 0.29) is 128 Å². The van der Waals surface area contributed by atoms with E-state index in [0.29, 0.717) is 43.4 Å². The lowest BCUT2D eigenvalue weighted by Crippen LogP contribution is -2.60. The van der Waals surface area contributed by atoms with E-state index in [4.69, 9.17) is 39.5 Å². The molecule has 50 heteroatoms. The van der Waals surface area contributed by atoms with E-state index in [1.54, 1.807) is 37.3 Å². The van der Waals surface area contributed by atoms with Gasteiger partial charge in [0.25, 0.3) is 0 Å². The number of likely N-dealkylation sites (tertiary alicyclic amines) is 2. The monoisotopic (exact) mass is 1820 g/mol. The minimum atomic E-state index is -1.60. The molecule has 1 aromatic carbocycles. The number of aliphatic carboxylic acids is 1. The Morgan fingerprint density at radius 3 is 1.79 bits per heavy atom. The molecule has 4 fully saturated rings. The van der Waals surface area contributed by atoms with Gasteiger partial charge < -0.3 is 139 Å². The number of benzene rings is 1. The standard InChI is InChI=1S/C77H120N28O20S2/c1-3-4-16-46-66(115)102-53(69(118)101-52(75(124)125)30-43-14-6-5-7-15-43)39-126-127-40-56(72(121)99-50(31-44-33-85-41-93-44)68(117)95-45(17-8-9-24-78)64(113)92-38-63(112)103-27-12-20-54(103)70(119)96-46)105-42(2)29-51(74(105)123)100-65(114)47(18-10-25-86-76(81)82)97-71(120)55-21-13-28-104(55)73(122)49(19-11-26-87-77(83)84)98-67(116)48(22-23-57(80)106)94-62(111)37-91-61(110)36-90-60(109)35-89-59(108)34-88-58(107)32-79/h5-7,14-15,33,41-42,45-56H,3-4,8-13,16-32,34-40,78-79H2,1-2H3,(H2,80,106)(H,85,93)(H,88,107)(H,89,108)(H,90,109)(H,91,110)(H,92,113)(H,94,111)(H,95,117)(H,96,119)(H,97,120)(H,98,116)(H,99,121)(H,100,114)(H,101,118)(H,102,115)(H,124,125)(H4,81,82,86)(H4,83,84,87)/t42?,45-,46+,47+,48+,49+,50-,51+,52+,53+,54-,55+,56+/m0/s1. The number of aromatic nitrogens is 2. The molecule has 13 atom stereocenters. The Balaban J connectivity index is 1.29. The molecule has 0 radical (unpaired) electrons. The van der Waals surface area contributed by atoms with Crippen LogP contribution < -0.4 is 114 Å². The van der Waals surface area contributed by atoms with Crippen molar-refractivity contribution in [3.8, 4) is 0 Å². The van der Waals surface area contributed by atoms with Gasteiger partial charge in [0.1, 0.15) is 72.5 Å². The first-order chi connectivity index (χ1) is 60.6. The van der Waals surface area contributed by atoms with Crippen molar-refractivity contribution in [2.75, 3.05) is 83.5 Å². The van der Waals surface area contributed by atoms with Crippen LogP contribution in [0.5, 0.6) is 0 Å². The number of guanidine groups is 2. The van der Waals surface area contributed by atoms with Gasteiger partial charge in [-0.3, -0.25) is 97.1 Å². The lowest BCUT2D eigenvalue weighted by atomic mass is 10.1. The zero-order valence-corrected chi connectivity index (χ0v) is 72.5. The third-order valence-electron chi connectivity index (χ3n) is 21.0. The van der Waals surface area contributed by atoms with E-state index < -0.39 is 248 Å². The first-order valence-corrected chi connectivity index (χ1v) is 44.4. The number of amides is 18. The molecule has 30 N–H and O–H groups in total. The summed E-state index contributed by atoms with van der Waals surface area (Å²) in [5.41, 5.74) is 28.5. The van der Waals surface area contributed by atoms with E-state index >= 15 is 14.4 Å². The lowest BCUT2D eigenvalue weighted by Gasteiger charge is -2.32. The summed E-state index contributed by atoms with van der Waals surface area (Å²) in [4.78, 5) is 274. The number of carbonyl (C=O) groups excluding carboxylic acids is 18. The van der Waals surface area contributed by atoms with Gasteiger partial charge in [-0.05, 0) is 109 Å². The Labute approximate surface area is 739 Å². The molecule has 4 saturated heterocycles. The number of unbranched alkanes of at least 4 members (excludes halogenated alkanes) is 2. The molecular weight excluding hydrogens is 1700 g/mol. The van der Waals surface area contributed by atoms with Crippen molar-refractivity contribution in [2.45, 2.75) is 214 Å². The fourth-order valence-electron chi connectivity index (χ4n) is 14.3. The normalized spacial score (nSPS) is 21.2. The summed E-state index contributed by atoms with van der Waals surface area (Å²) < 4.78 is 0. The van der Waals surface area contributed by atoms with Gasteiger partial charge >= 0.3 is 5.97 Å². The maximum atomic E-state index is 15.5. The highest BCUT2D eigenvalue weighted by Gasteiger charge is 2.47. The van der Waals surface area contributed by atoms with Crippen LogP contribution >= 0.6 is 21.6 Å². The molecular formula is C77H120N28O20S2. The number of nitrogens with one attached hydrogen (secondary N) is 19. The van der Waals surface area contributed by atoms with Crippen molar-refractivity contribution in [2.24, 2.45) is 28.7 Å². The van der Waals surface area contributed by atoms with Gasteiger partial charge in [-0.1, -0.05) is 71.7 Å². The van der Waals surface area contributed by atoms with Crippen molar-refractivity contribution in [1.82, 2.24) is 110 Å². The fourth-order valence-corrected chi connectivity index (χ4v) is 16.7. The summed E-state index contributed by atoms with van der Waals surface area (Å²) in [6.07, 6.45) is 3.21. The predicted octanol–water partition coefficient (Wildman–Crippen LogP) is -9.34. The van der Waals surface area contributed by atoms with Gasteiger partial charge in [0.05, 0.1) is 45.6 Å². The molecule has 18 amide bonds. The van der Waals surface area contributed by atoms with Crippen LogP contribution in [0.25, 0.3) is 0 Å². The first-order valence-electron chi connectivity index (χ1n) is 41.9. The van der Waals surface area contributed by atoms with Crippen LogP contribution in [-0.2, 0) is 104 Å². The van der Waals surface area contributed by atoms with Gasteiger partial charge in [0.15, 0.2) is 11.9 Å². The molecule has 0 saturated carbocycles. The van der Waals surface area contributed by atoms with E-state index in [2.05, 4.69) is 95.0 Å². The SMILES string of the molecule is CCCC[C@H]1NC(=O)[C@@H]2CCCN2C(=O)CNC(=O)[C@H](CCCCN)NC(=O)[C@H](Cc2cnc[nH]2)NC(=O)[C@H](N2C(=O)[C@H](NC(=O)[C@@H](CCCNC(=N)N)NC(=O)[C@H]3CCCN3C(=O)[C@@H](CCCNC(=N)N)NC(=O)[C@@H](CCC(N)=O)NC(=O)CNC(=O)CNC(=O)CNC(=O)CNC(=O)CN)CC2C)CSSC[C@H](C(=O)N[C@H](Cc2ccccc2)C(=O)O)NC1=O. The van der Waals surface area contributed by atoms with Gasteiger partial charge in [-0.2, -0.15) is 0 Å². The maximum Gasteiger partial charge on any atom is 0.326 e. The number of nitrogens with zero attached hydrogens (tertiary/aromatic N) is 4. The first kappa shape index (κ1) is 103. The molecule has 5 heterocycles. The number of imidazole rings is 1. The third kappa shape index (κ3) is 35.1. The molecule has 0 bridgehead atoms. The molecule has 4 aliphatic heterocycles. The third-order valence-corrected chi connectivity index (χ3v) is 23.4. The maximum absolute atomic E-state index is 15.5. The molecule has 48 nitrogen and oxygen atoms in total. The van der Waals surface area contributed by atoms with Crippen molar-refractivity contribution >= 4 is 146 Å². The molecule has 127 heavy (non-hydrogen) atoms. The average molecular weight is 1820 g/mol. The van der Waals surface area contributed by atoms with Gasteiger partial charge in [0, 0.05) is 74.9 Å². The highest BCUT2D eigenvalue weighted by Crippen LogP contribution is 2.31. The number of primary amides is 1. The number of H-pyrrole nitrogens is 1. The Bertz CT molecular complexity index is 4190. The Morgan fingerprint density at radius 2 is 1.17 bits per heavy atom. The van der Waals surface area contributed by atoms with E-state index in [0.717, 1.165) is 26.5 Å². The average Bonchev–Trinajstić information content (AvgIpc) is 1.65. The van der Waals surface area contributed by atoms with Gasteiger partial charge in [-0.15, -0.1) is 0 Å². The number of carboxylic acid groups (broad SMARTS) is 1. The van der Waals surface area contributed by atoms with Crippen molar-refractivity contribution in [1.29, 1.82) is 10.8 Å². The smallest absolute Gasteiger partial charge is 0.326 e. The summed E-state index contributed by atoms with van der Waals surface area (Å²) >= 11 is 0. The molecule has 700 valence electrons. The van der Waals surface area contributed by atoms with Crippen LogP contribution in [-0.4, -0.2) is 316 Å². The molecule has 6 rings (SSSR count). The minimum absolute atomic E-state index is 0.00432. The zero-order chi connectivity index (χ0) is 93.2. The van der Waals surface area contributed by atoms with Crippen LogP contribution in [0.1, 0.15) is 134 Å². The Morgan fingerprint density at radius 1 is 0.598 bits per heavy atom. The van der Waals surface area contributed by atoms with Crippen LogP contribution in [0.3, 0.4) is 0 Å². The van der Waals surface area contributed by atoms with Crippen molar-refractivity contribution in [3.05, 3.63) is 54.1 Å². The lowest BCUT2D eigenvalue weighted by molar-refractivity contribution is -0.143. The van der Waals surface area contributed by atoms with Crippen molar-refractivity contribution in [3.63, 3.8) is 0 Å². The second-order valence-electron chi connectivity index (χ2n) is 30.7. The number of rotatable bonds is 43. The van der Waals surface area contributed by atoms with Crippen LogP contribution in [0.2, 0.25) is 0 Å². The largest absolute Gasteiger partial charge is 0.480 e. The summed E-state index contributed by atoms with van der Waals surface area (Å²) in [6, 6.07) is -10.0. The number of hydrogen-bond donors (Lipinski definition) is 25. The zero-order valence-electron chi connectivity index (χ0n) is 70.9. The second kappa shape index (κ2) is 53.8. The highest BCUT2D eigenvalue weighted by atomic mass is 33.1. The highest BCUT2D eigenvalue weighted by molar-refractivity contribution is 8.76. The molecule has 1 aromatic heterocycles. The number of carbonyl (C=O) groups is 19. The number of carboxylic acids is 1. The van der Waals surface area contributed by atoms with Crippen LogP contribution in [0.15, 0.2) is 42.9 Å². The summed E-state index contributed by atoms with van der Waals surface area (Å²) in [5, 5.41) is 66.5. The molecule has 1 unspecified atom stereocenters. The van der Waals surface area contributed by atoms with E-state index in [9.17, 15) is 81.8 Å². The summed E-state index contributed by atoms with van der Waals surface area (Å²) in [5.74, 6) is -18.4. The van der Waals surface area contributed by atoms with Crippen molar-refractivity contribution < 1.29 is 96.2 Å². The topological polar surface area (TPSA) is 753 Å². The van der Waals surface area contributed by atoms with Gasteiger partial charge in [-0.25, -0.2) is 9.78 Å². The predicted molar refractivity (Wildman–Crippen MR) is 460 cm³/mol. The second-order valence-corrected chi connectivity index (χ2v) is 33.2. The Kier molecular flexibility index (Phi) is 43.7. The number of fused-ring (bicyclic) bond motifs is 1. The van der Waals surface area contributed by atoms with Crippen LogP contribution in [0, 0.1) is 10.8 Å². The van der Waals surface area contributed by atoms with Gasteiger partial charge in [0.2, 0.25) is 106 Å². The Hall–Kier alpha value is -12.5. The quantitative estimate of drug-likeness (QED) is 0.0127. The number of aromatic amines is 1. The van der Waals surface area contributed by atoms with E-state index in [1.807, 2.05) is 6.92 Å². The minimum Gasteiger partial charge on any atom is -0.480 e. The van der Waals surface area contributed by atoms with Crippen LogP contribution in [0.4, 0.5) is 0 Å². The van der Waals surface area contributed by atoms with E-state index in [1.165, 1.54) is 22.3 Å². The summed E-state index contributed by atoms with van der Waals surface area (Å²) in [6.45, 7) is 0.0435.